The van der Waals surface area contributed by atoms with Crippen LogP contribution in [-0.4, -0.2) is 21.6 Å². The smallest absolute Gasteiger partial charge is 0.268 e. The van der Waals surface area contributed by atoms with E-state index >= 15 is 0 Å². The fourth-order valence-corrected chi connectivity index (χ4v) is 4.58. The van der Waals surface area contributed by atoms with Gasteiger partial charge in [-0.15, -0.1) is 0 Å². The van der Waals surface area contributed by atoms with E-state index in [1.165, 1.54) is 36.4 Å². The first-order valence-corrected chi connectivity index (χ1v) is 13.3. The first-order valence-electron chi connectivity index (χ1n) is 12.6. The van der Waals surface area contributed by atoms with Crippen LogP contribution in [0.3, 0.4) is 0 Å². The summed E-state index contributed by atoms with van der Waals surface area (Å²) in [7, 11) is 0. The predicted molar refractivity (Wildman–Crippen MR) is 159 cm³/mol. The van der Waals surface area contributed by atoms with Gasteiger partial charge in [-0.05, 0) is 66.2 Å². The van der Waals surface area contributed by atoms with Gasteiger partial charge in [0.05, 0.1) is 16.3 Å². The summed E-state index contributed by atoms with van der Waals surface area (Å²) in [5.41, 5.74) is 3.42. The number of halogens is 3. The van der Waals surface area contributed by atoms with Gasteiger partial charge in [-0.2, -0.15) is 5.10 Å². The van der Waals surface area contributed by atoms with Crippen molar-refractivity contribution in [2.45, 2.75) is 6.54 Å². The third-order valence-corrected chi connectivity index (χ3v) is 6.69. The zero-order valence-corrected chi connectivity index (χ0v) is 23.0. The number of nitrogens with one attached hydrogen (secondary N) is 2. The highest BCUT2D eigenvalue weighted by Gasteiger charge is 2.19. The Kier molecular flexibility index (Phi) is 8.58. The molecule has 0 spiro atoms. The molecule has 4 aromatic carbocycles. The molecule has 41 heavy (non-hydrogen) atoms. The lowest BCUT2D eigenvalue weighted by atomic mass is 10.1. The molecular weight excluding hydrogens is 562 g/mol. The zero-order chi connectivity index (χ0) is 28.8. The predicted octanol–water partition coefficient (Wildman–Crippen LogP) is 7.07. The Bertz CT molecular complexity index is 1720. The highest BCUT2D eigenvalue weighted by Crippen LogP contribution is 2.27. The van der Waals surface area contributed by atoms with Crippen molar-refractivity contribution < 1.29 is 14.0 Å². The average Bonchev–Trinajstić information content (AvgIpc) is 3.40. The van der Waals surface area contributed by atoms with E-state index in [1.54, 1.807) is 23.0 Å². The summed E-state index contributed by atoms with van der Waals surface area (Å²) >= 11 is 12.3. The molecule has 0 bridgehead atoms. The molecule has 2 N–H and O–H groups in total. The van der Waals surface area contributed by atoms with Gasteiger partial charge in [0.15, 0.2) is 0 Å². The number of hydrogen-bond acceptors (Lipinski definition) is 3. The van der Waals surface area contributed by atoms with Crippen molar-refractivity contribution in [1.82, 2.24) is 20.4 Å². The van der Waals surface area contributed by atoms with E-state index in [2.05, 4.69) is 10.6 Å². The molecule has 204 valence electrons. The van der Waals surface area contributed by atoms with Crippen LogP contribution in [0.15, 0.2) is 115 Å². The monoisotopic (exact) mass is 584 g/mol. The number of rotatable bonds is 8. The average molecular weight is 585 g/mol. The highest BCUT2D eigenvalue weighted by molar-refractivity contribution is 6.36. The van der Waals surface area contributed by atoms with Gasteiger partial charge in [-0.1, -0.05) is 71.7 Å². The molecule has 0 radical (unpaired) electrons. The maximum absolute atomic E-state index is 13.7. The van der Waals surface area contributed by atoms with E-state index in [1.807, 2.05) is 60.7 Å². The van der Waals surface area contributed by atoms with Crippen molar-refractivity contribution in [2.75, 3.05) is 0 Å². The van der Waals surface area contributed by atoms with E-state index in [4.69, 9.17) is 28.3 Å². The second-order valence-electron chi connectivity index (χ2n) is 9.02. The lowest BCUT2D eigenvalue weighted by Gasteiger charge is -2.12. The number of carbonyl (C=O) groups is 2. The molecule has 5 rings (SSSR count). The second kappa shape index (κ2) is 12.6. The first kappa shape index (κ1) is 27.8. The highest BCUT2D eigenvalue weighted by atomic mass is 35.5. The molecule has 0 aliphatic rings. The second-order valence-corrected chi connectivity index (χ2v) is 9.87. The molecule has 0 aliphatic carbocycles. The van der Waals surface area contributed by atoms with Crippen LogP contribution in [0.4, 0.5) is 4.39 Å². The first-order chi connectivity index (χ1) is 19.9. The normalized spacial score (nSPS) is 11.2. The van der Waals surface area contributed by atoms with Gasteiger partial charge in [0.2, 0.25) is 0 Å². The number of benzene rings is 4. The summed E-state index contributed by atoms with van der Waals surface area (Å²) in [6.45, 7) is 0.239. The van der Waals surface area contributed by atoms with Crippen molar-refractivity contribution >= 4 is 41.1 Å². The molecule has 6 nitrogen and oxygen atoms in total. The molecule has 1 heterocycles. The molecule has 9 heteroatoms. The van der Waals surface area contributed by atoms with Gasteiger partial charge in [0.1, 0.15) is 17.2 Å². The molecule has 0 aliphatic heterocycles. The maximum Gasteiger partial charge on any atom is 0.268 e. The number of amides is 2. The molecule has 0 saturated carbocycles. The largest absolute Gasteiger partial charge is 0.347 e. The number of carbonyl (C=O) groups excluding carboxylic acids is 2. The van der Waals surface area contributed by atoms with Gasteiger partial charge in [0.25, 0.3) is 11.8 Å². The summed E-state index contributed by atoms with van der Waals surface area (Å²) in [5, 5.41) is 10.8. The van der Waals surface area contributed by atoms with E-state index < -0.39 is 11.8 Å². The quantitative estimate of drug-likeness (QED) is 0.191. The van der Waals surface area contributed by atoms with Crippen LogP contribution in [0.5, 0.6) is 0 Å². The lowest BCUT2D eigenvalue weighted by molar-refractivity contribution is -0.117. The topological polar surface area (TPSA) is 76.0 Å². The van der Waals surface area contributed by atoms with Gasteiger partial charge in [0, 0.05) is 28.9 Å². The fourth-order valence-electron chi connectivity index (χ4n) is 4.09. The number of para-hydroxylation sites is 1. The zero-order valence-electron chi connectivity index (χ0n) is 21.5. The van der Waals surface area contributed by atoms with Crippen LogP contribution in [0.25, 0.3) is 23.0 Å². The van der Waals surface area contributed by atoms with Gasteiger partial charge >= 0.3 is 0 Å². The van der Waals surface area contributed by atoms with Crippen LogP contribution in [0.2, 0.25) is 10.0 Å². The summed E-state index contributed by atoms with van der Waals surface area (Å²) < 4.78 is 15.4. The van der Waals surface area contributed by atoms with Crippen molar-refractivity contribution in [3.8, 4) is 16.9 Å². The summed E-state index contributed by atoms with van der Waals surface area (Å²) in [6, 6.07) is 29.1. The molecule has 1 aromatic heterocycles. The fraction of sp³-hybridized carbons (Fsp3) is 0.0312. The number of hydrogen-bond donors (Lipinski definition) is 2. The number of aromatic nitrogens is 2. The van der Waals surface area contributed by atoms with Crippen molar-refractivity contribution in [3.63, 3.8) is 0 Å². The van der Waals surface area contributed by atoms with Crippen LogP contribution < -0.4 is 10.6 Å². The summed E-state index contributed by atoms with van der Waals surface area (Å²) in [5.74, 6) is -1.50. The summed E-state index contributed by atoms with van der Waals surface area (Å²) in [4.78, 5) is 26.7. The third kappa shape index (κ3) is 6.90. The Hall–Kier alpha value is -4.72. The maximum atomic E-state index is 13.7. The molecular formula is C32H23Cl2FN4O2. The van der Waals surface area contributed by atoms with Crippen molar-refractivity contribution in [2.24, 2.45) is 0 Å². The van der Waals surface area contributed by atoms with Crippen molar-refractivity contribution in [1.29, 1.82) is 0 Å². The van der Waals surface area contributed by atoms with Gasteiger partial charge in [-0.3, -0.25) is 9.59 Å². The lowest BCUT2D eigenvalue weighted by Crippen LogP contribution is -2.34. The SMILES string of the molecule is O=C(NCc1ccccc1)C(=Cc1cn(-c2ccccc2)nc1-c1ccc(F)cc1)NC(=O)c1ccc(Cl)cc1Cl. The van der Waals surface area contributed by atoms with Gasteiger partial charge in [-0.25, -0.2) is 9.07 Å². The molecule has 0 unspecified atom stereocenters. The minimum Gasteiger partial charge on any atom is -0.347 e. The Morgan fingerprint density at radius 3 is 2.24 bits per heavy atom. The minimum atomic E-state index is -0.591. The molecule has 5 aromatic rings. The van der Waals surface area contributed by atoms with Gasteiger partial charge < -0.3 is 10.6 Å². The summed E-state index contributed by atoms with van der Waals surface area (Å²) in [6.07, 6.45) is 3.27. The Morgan fingerprint density at radius 2 is 1.56 bits per heavy atom. The standard InChI is InChI=1S/C32H23Cl2FN4O2/c33-24-13-16-27(28(34)18-24)31(40)37-29(32(41)36-19-21-7-3-1-4-8-21)17-23-20-39(26-9-5-2-6-10-26)38-30(23)22-11-14-25(35)15-12-22/h1-18,20H,19H2,(H,36,41)(H,37,40). The van der Waals surface area contributed by atoms with Crippen molar-refractivity contribution in [3.05, 3.63) is 148 Å². The molecule has 0 saturated heterocycles. The molecule has 2 amide bonds. The van der Waals surface area contributed by atoms with E-state index in [9.17, 15) is 14.0 Å². The molecule has 0 atom stereocenters. The molecule has 0 fully saturated rings. The Morgan fingerprint density at radius 1 is 0.878 bits per heavy atom. The van der Waals surface area contributed by atoms with Crippen LogP contribution in [0.1, 0.15) is 21.5 Å². The van der Waals surface area contributed by atoms with E-state index in [0.29, 0.717) is 21.8 Å². The number of nitrogens with zero attached hydrogens (tertiary/aromatic N) is 2. The van der Waals surface area contributed by atoms with E-state index in [0.717, 1.165) is 11.3 Å². The van der Waals surface area contributed by atoms with E-state index in [-0.39, 0.29) is 28.6 Å². The Labute approximate surface area is 246 Å². The Balaban J connectivity index is 1.56. The van der Waals surface area contributed by atoms with Crippen LogP contribution in [0, 0.1) is 5.82 Å². The minimum absolute atomic E-state index is 0.0343. The van der Waals surface area contributed by atoms with Crippen LogP contribution in [-0.2, 0) is 11.3 Å². The third-order valence-electron chi connectivity index (χ3n) is 6.15. The van der Waals surface area contributed by atoms with Crippen LogP contribution >= 0.6 is 23.2 Å².